The minimum Gasteiger partial charge on any atom is -0.336 e. The molecule has 4 heteroatoms. The predicted octanol–water partition coefficient (Wildman–Crippen LogP) is 2.22. The zero-order valence-corrected chi connectivity index (χ0v) is 11.5. The molecule has 0 amide bonds. The number of piperidine rings is 1. The number of aromatic nitrogens is 2. The van der Waals surface area contributed by atoms with Gasteiger partial charge in [0.25, 0.3) is 0 Å². The summed E-state index contributed by atoms with van der Waals surface area (Å²) in [6.45, 7) is 6.65. The van der Waals surface area contributed by atoms with E-state index in [1.807, 2.05) is 18.5 Å². The largest absolute Gasteiger partial charge is 0.336 e. The quantitative estimate of drug-likeness (QED) is 0.867. The van der Waals surface area contributed by atoms with Crippen LogP contribution in [0.3, 0.4) is 0 Å². The van der Waals surface area contributed by atoms with E-state index in [9.17, 15) is 0 Å². The normalized spacial score (nSPS) is 21.9. The monoisotopic (exact) mass is 248 g/mol. The van der Waals surface area contributed by atoms with Gasteiger partial charge in [-0.15, -0.1) is 0 Å². The highest BCUT2D eigenvalue weighted by molar-refractivity contribution is 5.32. The highest BCUT2D eigenvalue weighted by Gasteiger charge is 2.28. The summed E-state index contributed by atoms with van der Waals surface area (Å²) in [6.07, 6.45) is 8.63. The molecule has 0 radical (unpaired) electrons. The van der Waals surface area contributed by atoms with Crippen LogP contribution in [0.15, 0.2) is 18.5 Å². The molecule has 1 fully saturated rings. The Balaban J connectivity index is 2.06. The third kappa shape index (κ3) is 3.19. The van der Waals surface area contributed by atoms with Crippen molar-refractivity contribution in [1.29, 1.82) is 0 Å². The maximum atomic E-state index is 4.40. The van der Waals surface area contributed by atoms with Crippen molar-refractivity contribution in [1.82, 2.24) is 15.3 Å². The van der Waals surface area contributed by atoms with E-state index >= 15 is 0 Å². The molecule has 2 atom stereocenters. The zero-order chi connectivity index (χ0) is 12.8. The van der Waals surface area contributed by atoms with Gasteiger partial charge in [0.2, 0.25) is 5.95 Å². The average molecular weight is 248 g/mol. The molecule has 1 aromatic rings. The van der Waals surface area contributed by atoms with E-state index < -0.39 is 0 Å². The Bertz CT molecular complexity index is 341. The number of nitrogens with one attached hydrogen (secondary N) is 1. The molecule has 1 aliphatic heterocycles. The van der Waals surface area contributed by atoms with Gasteiger partial charge in [-0.2, -0.15) is 0 Å². The third-order valence-corrected chi connectivity index (χ3v) is 3.65. The van der Waals surface area contributed by atoms with E-state index in [4.69, 9.17) is 0 Å². The summed E-state index contributed by atoms with van der Waals surface area (Å²) < 4.78 is 0. The van der Waals surface area contributed by atoms with Gasteiger partial charge in [0.15, 0.2) is 0 Å². The number of anilines is 1. The van der Waals surface area contributed by atoms with E-state index in [2.05, 4.69) is 34.0 Å². The summed E-state index contributed by atoms with van der Waals surface area (Å²) in [5, 5.41) is 3.60. The van der Waals surface area contributed by atoms with Crippen molar-refractivity contribution < 1.29 is 0 Å². The Morgan fingerprint density at radius 3 is 2.89 bits per heavy atom. The summed E-state index contributed by atoms with van der Waals surface area (Å²) in [5.41, 5.74) is 0. The molecule has 1 saturated heterocycles. The molecule has 0 spiro atoms. The highest BCUT2D eigenvalue weighted by Crippen LogP contribution is 2.23. The fourth-order valence-electron chi connectivity index (χ4n) is 2.67. The van der Waals surface area contributed by atoms with Crippen LogP contribution in [0.2, 0.25) is 0 Å². The van der Waals surface area contributed by atoms with E-state index in [0.717, 1.165) is 19.0 Å². The van der Waals surface area contributed by atoms with Gasteiger partial charge in [-0.3, -0.25) is 0 Å². The van der Waals surface area contributed by atoms with Crippen molar-refractivity contribution in [3.8, 4) is 0 Å². The number of nitrogens with zero attached hydrogens (tertiary/aromatic N) is 3. The van der Waals surface area contributed by atoms with Gasteiger partial charge in [0.05, 0.1) is 0 Å². The van der Waals surface area contributed by atoms with Crippen LogP contribution in [0.25, 0.3) is 0 Å². The highest BCUT2D eigenvalue weighted by atomic mass is 15.3. The zero-order valence-electron chi connectivity index (χ0n) is 11.5. The lowest BCUT2D eigenvalue weighted by molar-refractivity contribution is 0.364. The first-order valence-corrected chi connectivity index (χ1v) is 7.10. The standard InChI is InChI=1S/C14H24N4/c1-3-8-15-12(2)13-7-4-5-11-18(13)14-16-9-6-10-17-14/h6,9-10,12-13,15H,3-5,7-8,11H2,1-2H3. The Labute approximate surface area is 110 Å². The molecule has 1 aliphatic rings. The first-order valence-electron chi connectivity index (χ1n) is 7.10. The lowest BCUT2D eigenvalue weighted by Crippen LogP contribution is -2.51. The van der Waals surface area contributed by atoms with Crippen molar-refractivity contribution in [2.24, 2.45) is 0 Å². The second-order valence-electron chi connectivity index (χ2n) is 5.05. The molecule has 2 rings (SSSR count). The predicted molar refractivity (Wildman–Crippen MR) is 74.8 cm³/mol. The van der Waals surface area contributed by atoms with E-state index in [-0.39, 0.29) is 0 Å². The van der Waals surface area contributed by atoms with Crippen molar-refractivity contribution in [3.05, 3.63) is 18.5 Å². The smallest absolute Gasteiger partial charge is 0.225 e. The van der Waals surface area contributed by atoms with Crippen LogP contribution in [-0.2, 0) is 0 Å². The van der Waals surface area contributed by atoms with E-state index in [0.29, 0.717) is 12.1 Å². The van der Waals surface area contributed by atoms with Crippen LogP contribution >= 0.6 is 0 Å². The Kier molecular flexibility index (Phi) is 4.93. The van der Waals surface area contributed by atoms with Gasteiger partial charge in [-0.1, -0.05) is 6.92 Å². The van der Waals surface area contributed by atoms with Gasteiger partial charge in [-0.25, -0.2) is 9.97 Å². The fraction of sp³-hybridized carbons (Fsp3) is 0.714. The topological polar surface area (TPSA) is 41.0 Å². The second-order valence-corrected chi connectivity index (χ2v) is 5.05. The van der Waals surface area contributed by atoms with Crippen molar-refractivity contribution in [2.75, 3.05) is 18.0 Å². The molecule has 0 aliphatic carbocycles. The van der Waals surface area contributed by atoms with Gasteiger partial charge < -0.3 is 10.2 Å². The first kappa shape index (κ1) is 13.3. The Hall–Kier alpha value is -1.16. The number of hydrogen-bond acceptors (Lipinski definition) is 4. The SMILES string of the molecule is CCCNC(C)C1CCCCN1c1ncccn1. The Morgan fingerprint density at radius 1 is 1.39 bits per heavy atom. The summed E-state index contributed by atoms with van der Waals surface area (Å²) in [6, 6.07) is 2.89. The lowest BCUT2D eigenvalue weighted by Gasteiger charge is -2.39. The summed E-state index contributed by atoms with van der Waals surface area (Å²) in [4.78, 5) is 11.2. The third-order valence-electron chi connectivity index (χ3n) is 3.65. The molecular weight excluding hydrogens is 224 g/mol. The molecule has 2 unspecified atom stereocenters. The molecule has 0 aromatic carbocycles. The average Bonchev–Trinajstić information content (AvgIpc) is 2.45. The van der Waals surface area contributed by atoms with Crippen LogP contribution in [-0.4, -0.2) is 35.1 Å². The lowest BCUT2D eigenvalue weighted by atomic mass is 9.96. The van der Waals surface area contributed by atoms with Gasteiger partial charge in [0.1, 0.15) is 0 Å². The minimum atomic E-state index is 0.494. The molecule has 2 heterocycles. The number of rotatable bonds is 5. The van der Waals surface area contributed by atoms with Gasteiger partial charge >= 0.3 is 0 Å². The molecule has 1 N–H and O–H groups in total. The maximum Gasteiger partial charge on any atom is 0.225 e. The van der Waals surface area contributed by atoms with Gasteiger partial charge in [0, 0.05) is 31.0 Å². The van der Waals surface area contributed by atoms with Crippen molar-refractivity contribution in [3.63, 3.8) is 0 Å². The molecule has 4 nitrogen and oxygen atoms in total. The molecule has 18 heavy (non-hydrogen) atoms. The van der Waals surface area contributed by atoms with Crippen molar-refractivity contribution in [2.45, 2.75) is 51.6 Å². The van der Waals surface area contributed by atoms with Gasteiger partial charge in [-0.05, 0) is 45.2 Å². The van der Waals surface area contributed by atoms with Crippen LogP contribution in [0.4, 0.5) is 5.95 Å². The van der Waals surface area contributed by atoms with Crippen molar-refractivity contribution >= 4 is 5.95 Å². The van der Waals surface area contributed by atoms with Crippen LogP contribution in [0, 0.1) is 0 Å². The first-order chi connectivity index (χ1) is 8.83. The van der Waals surface area contributed by atoms with Crippen LogP contribution < -0.4 is 10.2 Å². The van der Waals surface area contributed by atoms with Crippen LogP contribution in [0.1, 0.15) is 39.5 Å². The Morgan fingerprint density at radius 2 is 2.17 bits per heavy atom. The number of hydrogen-bond donors (Lipinski definition) is 1. The fourth-order valence-corrected chi connectivity index (χ4v) is 2.67. The summed E-state index contributed by atoms with van der Waals surface area (Å²) in [7, 11) is 0. The molecular formula is C14H24N4. The molecule has 0 saturated carbocycles. The molecule has 1 aromatic heterocycles. The van der Waals surface area contributed by atoms with E-state index in [1.54, 1.807) is 0 Å². The van der Waals surface area contributed by atoms with Crippen LogP contribution in [0.5, 0.6) is 0 Å². The second kappa shape index (κ2) is 6.69. The molecule has 100 valence electrons. The maximum absolute atomic E-state index is 4.40. The minimum absolute atomic E-state index is 0.494. The molecule has 0 bridgehead atoms. The summed E-state index contributed by atoms with van der Waals surface area (Å²) in [5.74, 6) is 0.882. The van der Waals surface area contributed by atoms with E-state index in [1.165, 1.54) is 25.7 Å². The summed E-state index contributed by atoms with van der Waals surface area (Å²) >= 11 is 0.